The maximum absolute atomic E-state index is 5.77. The van der Waals surface area contributed by atoms with Gasteiger partial charge in [0, 0.05) is 23.9 Å². The van der Waals surface area contributed by atoms with Crippen LogP contribution in [0.2, 0.25) is 0 Å². The topological polar surface area (TPSA) is 30.5 Å². The van der Waals surface area contributed by atoms with Crippen molar-refractivity contribution in [2.75, 3.05) is 18.5 Å². The van der Waals surface area contributed by atoms with Gasteiger partial charge < -0.3 is 14.8 Å². The lowest BCUT2D eigenvalue weighted by molar-refractivity contribution is 0.314. The number of anilines is 1. The summed E-state index contributed by atoms with van der Waals surface area (Å²) in [7, 11) is 0. The van der Waals surface area contributed by atoms with Crippen LogP contribution >= 0.6 is 0 Å². The number of ether oxygens (including phenoxy) is 2. The van der Waals surface area contributed by atoms with Crippen LogP contribution in [0.1, 0.15) is 25.8 Å². The summed E-state index contributed by atoms with van der Waals surface area (Å²) in [5.41, 5.74) is 2.21. The minimum Gasteiger partial charge on any atom is -0.494 e. The molecule has 2 aromatic carbocycles. The Morgan fingerprint density at radius 3 is 2.62 bits per heavy atom. The second-order valence-corrected chi connectivity index (χ2v) is 4.77. The maximum atomic E-state index is 5.77. The lowest BCUT2D eigenvalue weighted by Gasteiger charge is -2.13. The minimum atomic E-state index is 0.678. The highest BCUT2D eigenvalue weighted by atomic mass is 16.5. The molecule has 0 aliphatic heterocycles. The van der Waals surface area contributed by atoms with Gasteiger partial charge in [0.25, 0.3) is 0 Å². The Balaban J connectivity index is 2.00. The summed E-state index contributed by atoms with van der Waals surface area (Å²) in [5, 5.41) is 3.42. The van der Waals surface area contributed by atoms with Crippen molar-refractivity contribution < 1.29 is 9.47 Å². The van der Waals surface area contributed by atoms with Crippen LogP contribution in [-0.4, -0.2) is 13.2 Å². The highest BCUT2D eigenvalue weighted by Gasteiger charge is 2.03. The normalized spacial score (nSPS) is 10.2. The van der Waals surface area contributed by atoms with E-state index in [-0.39, 0.29) is 0 Å². The molecule has 21 heavy (non-hydrogen) atoms. The first-order chi connectivity index (χ1) is 10.3. The third-order valence-electron chi connectivity index (χ3n) is 3.06. The molecule has 0 saturated heterocycles. The number of hydrogen-bond donors (Lipinski definition) is 1. The molecule has 1 N–H and O–H groups in total. The van der Waals surface area contributed by atoms with Gasteiger partial charge in [0.1, 0.15) is 11.5 Å². The van der Waals surface area contributed by atoms with Crippen molar-refractivity contribution in [3.63, 3.8) is 0 Å². The Labute approximate surface area is 126 Å². The summed E-state index contributed by atoms with van der Waals surface area (Å²) >= 11 is 0. The molecule has 2 aromatic rings. The molecule has 0 bridgehead atoms. The minimum absolute atomic E-state index is 0.678. The van der Waals surface area contributed by atoms with Gasteiger partial charge in [-0.15, -0.1) is 0 Å². The molecule has 0 fully saturated rings. The van der Waals surface area contributed by atoms with E-state index in [2.05, 4.69) is 18.3 Å². The zero-order valence-electron chi connectivity index (χ0n) is 12.8. The molecule has 0 aliphatic rings. The molecule has 0 atom stereocenters. The SMILES string of the molecule is CCCOc1ccccc1CNc1cccc(OCC)c1. The maximum Gasteiger partial charge on any atom is 0.124 e. The van der Waals surface area contributed by atoms with Gasteiger partial charge in [-0.25, -0.2) is 0 Å². The quantitative estimate of drug-likeness (QED) is 0.775. The number of rotatable bonds is 8. The lowest BCUT2D eigenvalue weighted by atomic mass is 10.2. The standard InChI is InChI=1S/C18H23NO2/c1-3-12-21-18-11-6-5-8-15(18)14-19-16-9-7-10-17(13-16)20-4-2/h5-11,13,19H,3-4,12,14H2,1-2H3. The van der Waals surface area contributed by atoms with Crippen molar-refractivity contribution >= 4 is 5.69 Å². The van der Waals surface area contributed by atoms with Crippen LogP contribution in [0.3, 0.4) is 0 Å². The third kappa shape index (κ3) is 4.71. The van der Waals surface area contributed by atoms with Gasteiger partial charge >= 0.3 is 0 Å². The van der Waals surface area contributed by atoms with Crippen LogP contribution in [0.15, 0.2) is 48.5 Å². The molecule has 0 heterocycles. The fourth-order valence-electron chi connectivity index (χ4n) is 2.06. The summed E-state index contributed by atoms with van der Waals surface area (Å²) in [4.78, 5) is 0. The Morgan fingerprint density at radius 1 is 0.952 bits per heavy atom. The van der Waals surface area contributed by atoms with E-state index in [1.165, 1.54) is 0 Å². The van der Waals surface area contributed by atoms with Crippen LogP contribution in [0.25, 0.3) is 0 Å². The molecule has 2 rings (SSSR count). The molecule has 0 aromatic heterocycles. The van der Waals surface area contributed by atoms with Crippen molar-refractivity contribution in [1.82, 2.24) is 0 Å². The first kappa shape index (κ1) is 15.2. The van der Waals surface area contributed by atoms with Crippen molar-refractivity contribution in [3.05, 3.63) is 54.1 Å². The summed E-state index contributed by atoms with van der Waals surface area (Å²) in [6.45, 7) is 6.25. The van der Waals surface area contributed by atoms with E-state index in [1.54, 1.807) is 0 Å². The Morgan fingerprint density at radius 2 is 1.81 bits per heavy atom. The van der Waals surface area contributed by atoms with Crippen LogP contribution in [-0.2, 0) is 6.54 Å². The molecular formula is C18H23NO2. The highest BCUT2D eigenvalue weighted by Crippen LogP contribution is 2.22. The molecule has 0 radical (unpaired) electrons. The second-order valence-electron chi connectivity index (χ2n) is 4.77. The number of hydrogen-bond acceptors (Lipinski definition) is 3. The molecule has 0 saturated carbocycles. The van der Waals surface area contributed by atoms with Crippen LogP contribution in [0.4, 0.5) is 5.69 Å². The molecule has 0 aliphatic carbocycles. The monoisotopic (exact) mass is 285 g/mol. The van der Waals surface area contributed by atoms with Gasteiger partial charge in [-0.1, -0.05) is 31.2 Å². The summed E-state index contributed by atoms with van der Waals surface area (Å²) in [6, 6.07) is 16.2. The van der Waals surface area contributed by atoms with Gasteiger partial charge in [-0.05, 0) is 31.5 Å². The average Bonchev–Trinajstić information content (AvgIpc) is 2.52. The van der Waals surface area contributed by atoms with Gasteiger partial charge in [0.05, 0.1) is 13.2 Å². The first-order valence-corrected chi connectivity index (χ1v) is 7.51. The zero-order chi connectivity index (χ0) is 14.9. The zero-order valence-corrected chi connectivity index (χ0v) is 12.8. The number of para-hydroxylation sites is 1. The Hall–Kier alpha value is -2.16. The molecule has 3 heteroatoms. The van der Waals surface area contributed by atoms with Crippen LogP contribution < -0.4 is 14.8 Å². The van der Waals surface area contributed by atoms with Crippen molar-refractivity contribution in [3.8, 4) is 11.5 Å². The van der Waals surface area contributed by atoms with E-state index in [9.17, 15) is 0 Å². The summed E-state index contributed by atoms with van der Waals surface area (Å²) < 4.78 is 11.3. The summed E-state index contributed by atoms with van der Waals surface area (Å²) in [6.07, 6.45) is 1.01. The summed E-state index contributed by atoms with van der Waals surface area (Å²) in [5.74, 6) is 1.84. The predicted molar refractivity (Wildman–Crippen MR) is 87.2 cm³/mol. The van der Waals surface area contributed by atoms with E-state index >= 15 is 0 Å². The average molecular weight is 285 g/mol. The van der Waals surface area contributed by atoms with Crippen LogP contribution in [0.5, 0.6) is 11.5 Å². The third-order valence-corrected chi connectivity index (χ3v) is 3.06. The molecule has 0 unspecified atom stereocenters. The fraction of sp³-hybridized carbons (Fsp3) is 0.333. The predicted octanol–water partition coefficient (Wildman–Crippen LogP) is 4.49. The fourth-order valence-corrected chi connectivity index (χ4v) is 2.06. The van der Waals surface area contributed by atoms with E-state index < -0.39 is 0 Å². The Kier molecular flexibility index (Phi) is 5.95. The second kappa shape index (κ2) is 8.20. The molecule has 0 amide bonds. The van der Waals surface area contributed by atoms with Crippen LogP contribution in [0, 0.1) is 0 Å². The van der Waals surface area contributed by atoms with E-state index in [0.717, 1.165) is 42.3 Å². The smallest absolute Gasteiger partial charge is 0.124 e. The number of nitrogens with one attached hydrogen (secondary N) is 1. The van der Waals surface area contributed by atoms with Crippen molar-refractivity contribution in [2.45, 2.75) is 26.8 Å². The van der Waals surface area contributed by atoms with Gasteiger partial charge in [-0.3, -0.25) is 0 Å². The van der Waals surface area contributed by atoms with Crippen molar-refractivity contribution in [2.24, 2.45) is 0 Å². The van der Waals surface area contributed by atoms with Gasteiger partial charge in [0.15, 0.2) is 0 Å². The van der Waals surface area contributed by atoms with E-state index in [1.807, 2.05) is 49.4 Å². The van der Waals surface area contributed by atoms with Crippen molar-refractivity contribution in [1.29, 1.82) is 0 Å². The van der Waals surface area contributed by atoms with E-state index in [0.29, 0.717) is 6.61 Å². The molecule has 3 nitrogen and oxygen atoms in total. The number of benzene rings is 2. The molecular weight excluding hydrogens is 262 g/mol. The Bertz CT molecular complexity index is 554. The van der Waals surface area contributed by atoms with Gasteiger partial charge in [0.2, 0.25) is 0 Å². The van der Waals surface area contributed by atoms with Gasteiger partial charge in [-0.2, -0.15) is 0 Å². The largest absolute Gasteiger partial charge is 0.494 e. The highest BCUT2D eigenvalue weighted by molar-refractivity contribution is 5.49. The molecule has 112 valence electrons. The molecule has 0 spiro atoms. The first-order valence-electron chi connectivity index (χ1n) is 7.51. The lowest BCUT2D eigenvalue weighted by Crippen LogP contribution is -2.04. The van der Waals surface area contributed by atoms with E-state index in [4.69, 9.17) is 9.47 Å².